The Labute approximate surface area is 288 Å². The lowest BCUT2D eigenvalue weighted by atomic mass is 9.98. The number of carbonyl (C=O) groups is 1. The molecule has 0 spiro atoms. The smallest absolute Gasteiger partial charge is 0.387 e. The van der Waals surface area contributed by atoms with Crippen molar-refractivity contribution >= 4 is 13.7 Å². The Balaban J connectivity index is 1.58. The number of halogens is 1. The molecule has 0 aliphatic carbocycles. The van der Waals surface area contributed by atoms with Gasteiger partial charge in [-0.25, -0.2) is 18.8 Å². The molecule has 0 bridgehead atoms. The fraction of sp³-hybridized carbons (Fsp3) is 0.514. The molecule has 2 unspecified atom stereocenters. The van der Waals surface area contributed by atoms with Crippen LogP contribution >= 0.6 is 7.75 Å². The molecular weight excluding hydrogens is 654 g/mol. The van der Waals surface area contributed by atoms with E-state index in [2.05, 4.69) is 78.1 Å². The Morgan fingerprint density at radius 1 is 1.00 bits per heavy atom. The predicted molar refractivity (Wildman–Crippen MR) is 190 cm³/mol. The normalized spacial score (nSPS) is 22.9. The Morgan fingerprint density at radius 3 is 2.08 bits per heavy atom. The zero-order valence-electron chi connectivity index (χ0n) is 28.7. The van der Waals surface area contributed by atoms with E-state index in [1.54, 1.807) is 0 Å². The summed E-state index contributed by atoms with van der Waals surface area (Å²) < 4.78 is 44.9. The van der Waals surface area contributed by atoms with Crippen molar-refractivity contribution in [3.05, 3.63) is 106 Å². The van der Waals surface area contributed by atoms with E-state index in [0.717, 1.165) is 69.4 Å². The van der Waals surface area contributed by atoms with Gasteiger partial charge in [0.2, 0.25) is 5.91 Å². The molecular formula is C35H52FN4O8P. The molecule has 1 aromatic rings. The summed E-state index contributed by atoms with van der Waals surface area (Å²) in [4.78, 5) is 37.6. The van der Waals surface area contributed by atoms with Crippen LogP contribution in [0, 0.1) is 0 Å². The average molecular weight is 707 g/mol. The van der Waals surface area contributed by atoms with E-state index in [-0.39, 0.29) is 19.0 Å². The molecule has 12 nitrogen and oxygen atoms in total. The van der Waals surface area contributed by atoms with Crippen molar-refractivity contribution in [2.45, 2.75) is 89.3 Å². The van der Waals surface area contributed by atoms with Gasteiger partial charge in [0.1, 0.15) is 12.2 Å². The third-order valence-corrected chi connectivity index (χ3v) is 8.94. The molecule has 1 aliphatic heterocycles. The largest absolute Gasteiger partial charge is 0.405 e. The van der Waals surface area contributed by atoms with Crippen molar-refractivity contribution in [3.8, 4) is 0 Å². The molecule has 2 rings (SSSR count). The monoisotopic (exact) mass is 706 g/mol. The lowest BCUT2D eigenvalue weighted by Gasteiger charge is -2.24. The summed E-state index contributed by atoms with van der Waals surface area (Å²) in [6.45, 7) is 2.82. The number of hydrogen-bond acceptors (Lipinski definition) is 8. The van der Waals surface area contributed by atoms with Crippen LogP contribution in [-0.2, 0) is 23.1 Å². The molecule has 1 aromatic heterocycles. The highest BCUT2D eigenvalue weighted by Gasteiger charge is 2.55. The molecule has 4 N–H and O–H groups in total. The van der Waals surface area contributed by atoms with E-state index in [9.17, 15) is 24.1 Å². The van der Waals surface area contributed by atoms with Gasteiger partial charge in [-0.1, -0.05) is 79.8 Å². The Hall–Kier alpha value is -3.45. The first-order chi connectivity index (χ1) is 23.5. The summed E-state index contributed by atoms with van der Waals surface area (Å²) >= 11 is 0. The molecule has 0 radical (unpaired) electrons. The maximum absolute atomic E-state index is 15.3. The van der Waals surface area contributed by atoms with Gasteiger partial charge in [0.15, 0.2) is 11.9 Å². The highest BCUT2D eigenvalue weighted by molar-refractivity contribution is 7.51. The molecule has 14 heteroatoms. The highest BCUT2D eigenvalue weighted by Crippen LogP contribution is 2.45. The SMILES string of the molecule is CC/C=C\C/C=C\C/C=C\C/C=C\C/C=C\C/C=C\CCC(=O)NCCNP(=O)(OC)OC[C@H]1OC(n2ccc(=O)[nH]c2=O)[C@](C)(F)[C@@H]1O. The summed E-state index contributed by atoms with van der Waals surface area (Å²) in [5.41, 5.74) is -4.03. The summed E-state index contributed by atoms with van der Waals surface area (Å²) in [5, 5.41) is 15.8. The van der Waals surface area contributed by atoms with E-state index in [1.165, 1.54) is 0 Å². The van der Waals surface area contributed by atoms with Crippen molar-refractivity contribution in [3.63, 3.8) is 0 Å². The number of aliphatic hydroxyl groups excluding tert-OH is 1. The van der Waals surface area contributed by atoms with Crippen LogP contribution in [0.25, 0.3) is 0 Å². The van der Waals surface area contributed by atoms with Crippen LogP contribution in [0.5, 0.6) is 0 Å². The van der Waals surface area contributed by atoms with Crippen LogP contribution in [0.3, 0.4) is 0 Å². The number of aromatic nitrogens is 2. The van der Waals surface area contributed by atoms with E-state index in [1.807, 2.05) is 17.1 Å². The number of aliphatic hydroxyl groups is 1. The zero-order chi connectivity index (χ0) is 36.0. The molecule has 1 fully saturated rings. The molecule has 272 valence electrons. The summed E-state index contributed by atoms with van der Waals surface area (Å²) in [6.07, 6.45) is 28.4. The van der Waals surface area contributed by atoms with Gasteiger partial charge in [0, 0.05) is 38.9 Å². The third kappa shape index (κ3) is 15.8. The molecule has 2 heterocycles. The van der Waals surface area contributed by atoms with Crippen LogP contribution in [0.1, 0.15) is 71.4 Å². The van der Waals surface area contributed by atoms with Crippen molar-refractivity contribution in [1.29, 1.82) is 0 Å². The maximum Gasteiger partial charge on any atom is 0.405 e. The molecule has 1 aliphatic rings. The summed E-state index contributed by atoms with van der Waals surface area (Å²) in [6, 6.07) is 1.02. The standard InChI is InChI=1S/C35H52FN4O8P/c1-4-5-6-7-8-9-10-11-12-13-14-15-16-17-18-19-20-21-22-23-30(41)37-25-26-38-49(45,46-3)47-28-29-32(43)35(2,36)33(48-29)40-27-24-31(42)39-34(40)44/h5-6,8-9,11-12,14-15,17-18,20-21,24,27,29,32-33,43H,4,7,10,13,16,19,22-23,25-26,28H2,1-3H3,(H,37,41)(H,38,45)(H,39,42,44)/b6-5-,9-8-,12-11-,15-14-,18-17-,21-20-/t29-,32-,33?,35-,49?/m1/s1. The Bertz CT molecular complexity index is 1480. The number of ether oxygens (including phenoxy) is 1. The predicted octanol–water partition coefficient (Wildman–Crippen LogP) is 5.48. The van der Waals surface area contributed by atoms with Crippen molar-refractivity contribution in [1.82, 2.24) is 20.0 Å². The first-order valence-electron chi connectivity index (χ1n) is 16.6. The molecule has 0 aromatic carbocycles. The van der Waals surface area contributed by atoms with E-state index < -0.39 is 49.7 Å². The fourth-order valence-corrected chi connectivity index (χ4v) is 5.69. The number of amides is 1. The number of carbonyl (C=O) groups excluding carboxylic acids is 1. The number of allylic oxidation sites excluding steroid dienone is 12. The molecule has 49 heavy (non-hydrogen) atoms. The van der Waals surface area contributed by atoms with Gasteiger partial charge in [-0.15, -0.1) is 0 Å². The lowest BCUT2D eigenvalue weighted by molar-refractivity contribution is -0.120. The van der Waals surface area contributed by atoms with E-state index in [0.29, 0.717) is 12.8 Å². The van der Waals surface area contributed by atoms with Gasteiger partial charge < -0.3 is 19.7 Å². The Kier molecular flexibility index (Phi) is 19.6. The van der Waals surface area contributed by atoms with Crippen LogP contribution in [-0.4, -0.2) is 65.2 Å². The van der Waals surface area contributed by atoms with Gasteiger partial charge in [-0.05, 0) is 51.9 Å². The van der Waals surface area contributed by atoms with Crippen molar-refractivity contribution in [2.75, 3.05) is 26.8 Å². The van der Waals surface area contributed by atoms with Crippen molar-refractivity contribution in [2.24, 2.45) is 0 Å². The minimum atomic E-state index is -3.91. The van der Waals surface area contributed by atoms with Gasteiger partial charge in [0.05, 0.1) is 6.61 Å². The number of alkyl halides is 1. The Morgan fingerprint density at radius 2 is 1.55 bits per heavy atom. The number of nitrogens with one attached hydrogen (secondary N) is 3. The lowest BCUT2D eigenvalue weighted by Crippen LogP contribution is -2.43. The minimum absolute atomic E-state index is 0.0427. The number of aromatic amines is 1. The molecule has 0 saturated carbocycles. The quantitative estimate of drug-likeness (QED) is 0.0657. The summed E-state index contributed by atoms with van der Waals surface area (Å²) in [7, 11) is -2.76. The first-order valence-corrected chi connectivity index (χ1v) is 18.1. The van der Waals surface area contributed by atoms with Gasteiger partial charge >= 0.3 is 13.4 Å². The van der Waals surface area contributed by atoms with Crippen LogP contribution in [0.15, 0.2) is 94.8 Å². The maximum atomic E-state index is 15.3. The number of nitrogens with zero attached hydrogens (tertiary/aromatic N) is 1. The average Bonchev–Trinajstić information content (AvgIpc) is 3.30. The number of rotatable bonds is 23. The van der Waals surface area contributed by atoms with Gasteiger partial charge in [0.25, 0.3) is 5.56 Å². The fourth-order valence-electron chi connectivity index (χ4n) is 4.63. The first kappa shape index (κ1) is 41.7. The molecule has 5 atom stereocenters. The highest BCUT2D eigenvalue weighted by atomic mass is 31.2. The third-order valence-electron chi connectivity index (χ3n) is 7.36. The number of H-pyrrole nitrogens is 1. The van der Waals surface area contributed by atoms with Gasteiger partial charge in [-0.3, -0.25) is 23.7 Å². The molecule has 1 amide bonds. The minimum Gasteiger partial charge on any atom is -0.387 e. The topological polar surface area (TPSA) is 161 Å². The molecule has 1 saturated heterocycles. The van der Waals surface area contributed by atoms with Gasteiger partial charge in [-0.2, -0.15) is 0 Å². The second-order valence-electron chi connectivity index (χ2n) is 11.3. The van der Waals surface area contributed by atoms with E-state index >= 15 is 4.39 Å². The van der Waals surface area contributed by atoms with Crippen LogP contribution in [0.4, 0.5) is 4.39 Å². The van der Waals surface area contributed by atoms with Crippen LogP contribution < -0.4 is 21.7 Å². The second kappa shape index (κ2) is 23.0. The van der Waals surface area contributed by atoms with Crippen molar-refractivity contribution < 1.29 is 32.6 Å². The zero-order valence-corrected chi connectivity index (χ0v) is 29.6. The van der Waals surface area contributed by atoms with Crippen LogP contribution in [0.2, 0.25) is 0 Å². The number of hydrogen-bond donors (Lipinski definition) is 4. The van der Waals surface area contributed by atoms with E-state index in [4.69, 9.17) is 13.8 Å². The second-order valence-corrected chi connectivity index (χ2v) is 13.3. The summed E-state index contributed by atoms with van der Waals surface area (Å²) in [5.74, 6) is -0.178.